The van der Waals surface area contributed by atoms with Crippen molar-refractivity contribution in [3.63, 3.8) is 0 Å². The number of anilines is 1. The van der Waals surface area contributed by atoms with Crippen molar-refractivity contribution >= 4 is 16.6 Å². The molecule has 1 aromatic carbocycles. The first-order valence-corrected chi connectivity index (χ1v) is 6.40. The van der Waals surface area contributed by atoms with Gasteiger partial charge in [-0.3, -0.25) is 4.98 Å². The predicted molar refractivity (Wildman–Crippen MR) is 76.6 cm³/mol. The van der Waals surface area contributed by atoms with Crippen LogP contribution in [0.15, 0.2) is 24.3 Å². The van der Waals surface area contributed by atoms with E-state index in [1.54, 1.807) is 7.11 Å². The van der Waals surface area contributed by atoms with E-state index >= 15 is 0 Å². The largest absolute Gasteiger partial charge is 0.497 e. The van der Waals surface area contributed by atoms with Crippen LogP contribution in [0.25, 0.3) is 10.9 Å². The van der Waals surface area contributed by atoms with Gasteiger partial charge in [-0.25, -0.2) is 0 Å². The second-order valence-electron chi connectivity index (χ2n) is 4.34. The lowest BCUT2D eigenvalue weighted by Crippen LogP contribution is -2.22. The van der Waals surface area contributed by atoms with Gasteiger partial charge in [0.1, 0.15) is 5.75 Å². The van der Waals surface area contributed by atoms with E-state index in [0.717, 1.165) is 35.4 Å². The lowest BCUT2D eigenvalue weighted by atomic mass is 10.1. The maximum atomic E-state index is 5.31. The average molecular weight is 244 g/mol. The summed E-state index contributed by atoms with van der Waals surface area (Å²) in [6.07, 6.45) is 0. The van der Waals surface area contributed by atoms with Crippen LogP contribution in [0.1, 0.15) is 19.5 Å². The van der Waals surface area contributed by atoms with Crippen LogP contribution in [0.2, 0.25) is 0 Å². The van der Waals surface area contributed by atoms with Gasteiger partial charge in [0.2, 0.25) is 0 Å². The molecule has 0 saturated carbocycles. The first-order chi connectivity index (χ1) is 8.69. The van der Waals surface area contributed by atoms with E-state index in [-0.39, 0.29) is 0 Å². The van der Waals surface area contributed by atoms with Crippen LogP contribution < -0.4 is 9.64 Å². The van der Waals surface area contributed by atoms with Crippen molar-refractivity contribution in [1.29, 1.82) is 0 Å². The monoisotopic (exact) mass is 244 g/mol. The summed E-state index contributed by atoms with van der Waals surface area (Å²) in [7, 11) is 1.69. The van der Waals surface area contributed by atoms with Gasteiger partial charge in [0.25, 0.3) is 0 Å². The number of hydrogen-bond acceptors (Lipinski definition) is 3. The summed E-state index contributed by atoms with van der Waals surface area (Å²) in [6, 6.07) is 8.19. The van der Waals surface area contributed by atoms with Crippen LogP contribution in [0, 0.1) is 6.92 Å². The van der Waals surface area contributed by atoms with Gasteiger partial charge in [-0.2, -0.15) is 0 Å². The molecule has 3 nitrogen and oxygen atoms in total. The van der Waals surface area contributed by atoms with Crippen molar-refractivity contribution in [2.75, 3.05) is 25.1 Å². The third-order valence-corrected chi connectivity index (χ3v) is 3.23. The van der Waals surface area contributed by atoms with Crippen LogP contribution in [0.3, 0.4) is 0 Å². The molecule has 0 aliphatic carbocycles. The number of pyridine rings is 1. The lowest BCUT2D eigenvalue weighted by molar-refractivity contribution is 0.415. The van der Waals surface area contributed by atoms with Crippen LogP contribution >= 0.6 is 0 Å². The minimum absolute atomic E-state index is 0.876. The van der Waals surface area contributed by atoms with E-state index in [0.29, 0.717) is 0 Å². The van der Waals surface area contributed by atoms with E-state index in [1.165, 1.54) is 5.69 Å². The summed E-state index contributed by atoms with van der Waals surface area (Å²) in [5.41, 5.74) is 3.31. The Balaban J connectivity index is 2.68. The van der Waals surface area contributed by atoms with Gasteiger partial charge in [0.15, 0.2) is 0 Å². The van der Waals surface area contributed by atoms with E-state index in [4.69, 9.17) is 4.74 Å². The Kier molecular flexibility index (Phi) is 3.70. The zero-order valence-corrected chi connectivity index (χ0v) is 11.5. The van der Waals surface area contributed by atoms with Crippen molar-refractivity contribution in [1.82, 2.24) is 4.98 Å². The maximum Gasteiger partial charge on any atom is 0.119 e. The molecule has 0 N–H and O–H groups in total. The molecule has 0 aliphatic rings. The number of hydrogen-bond donors (Lipinski definition) is 0. The minimum Gasteiger partial charge on any atom is -0.497 e. The Morgan fingerprint density at radius 1 is 1.17 bits per heavy atom. The quantitative estimate of drug-likeness (QED) is 0.824. The van der Waals surface area contributed by atoms with Crippen LogP contribution in [-0.2, 0) is 0 Å². The number of benzene rings is 1. The maximum absolute atomic E-state index is 5.31. The topological polar surface area (TPSA) is 25.4 Å². The van der Waals surface area contributed by atoms with Gasteiger partial charge < -0.3 is 9.64 Å². The number of nitrogens with zero attached hydrogens (tertiary/aromatic N) is 2. The number of methoxy groups -OCH3 is 1. The summed E-state index contributed by atoms with van der Waals surface area (Å²) in [6.45, 7) is 8.37. The molecule has 96 valence electrons. The Bertz CT molecular complexity index is 547. The van der Waals surface area contributed by atoms with Gasteiger partial charge in [0.05, 0.1) is 12.6 Å². The fourth-order valence-electron chi connectivity index (χ4n) is 2.27. The molecule has 0 saturated heterocycles. The van der Waals surface area contributed by atoms with Crippen LogP contribution in [0.4, 0.5) is 5.69 Å². The molecule has 1 heterocycles. The Morgan fingerprint density at radius 2 is 1.89 bits per heavy atom. The highest BCUT2D eigenvalue weighted by molar-refractivity contribution is 5.93. The minimum atomic E-state index is 0.876. The molecule has 0 radical (unpaired) electrons. The fraction of sp³-hybridized carbons (Fsp3) is 0.400. The first kappa shape index (κ1) is 12.7. The summed E-state index contributed by atoms with van der Waals surface area (Å²) in [5.74, 6) is 0.876. The predicted octanol–water partition coefficient (Wildman–Crippen LogP) is 3.40. The Hall–Kier alpha value is -1.77. The molecule has 1 aromatic heterocycles. The highest BCUT2D eigenvalue weighted by Gasteiger charge is 2.10. The number of ether oxygens (including phenoxy) is 1. The average Bonchev–Trinajstić information content (AvgIpc) is 2.39. The molecule has 0 fully saturated rings. The summed E-state index contributed by atoms with van der Waals surface area (Å²) in [5, 5.41) is 1.16. The van der Waals surface area contributed by atoms with Gasteiger partial charge in [0, 0.05) is 29.9 Å². The van der Waals surface area contributed by atoms with Crippen molar-refractivity contribution in [2.45, 2.75) is 20.8 Å². The van der Waals surface area contributed by atoms with Crippen molar-refractivity contribution in [3.05, 3.63) is 30.0 Å². The van der Waals surface area contributed by atoms with E-state index in [1.807, 2.05) is 19.1 Å². The van der Waals surface area contributed by atoms with Gasteiger partial charge >= 0.3 is 0 Å². The third-order valence-electron chi connectivity index (χ3n) is 3.23. The van der Waals surface area contributed by atoms with E-state index in [9.17, 15) is 0 Å². The van der Waals surface area contributed by atoms with Gasteiger partial charge in [-0.05, 0) is 45.0 Å². The summed E-state index contributed by atoms with van der Waals surface area (Å²) < 4.78 is 5.31. The molecular weight excluding hydrogens is 224 g/mol. The first-order valence-electron chi connectivity index (χ1n) is 6.40. The third kappa shape index (κ3) is 2.26. The highest BCUT2D eigenvalue weighted by Crippen LogP contribution is 2.29. The SMILES string of the molecule is CCN(CC)c1cc(C)nc2ccc(OC)cc12. The number of rotatable bonds is 4. The standard InChI is InChI=1S/C15H20N2O/c1-5-17(6-2)15-9-11(3)16-14-8-7-12(18-4)10-13(14)15/h7-10H,5-6H2,1-4H3. The molecule has 18 heavy (non-hydrogen) atoms. The molecule has 0 unspecified atom stereocenters. The molecule has 2 aromatic rings. The zero-order valence-electron chi connectivity index (χ0n) is 11.5. The number of fused-ring (bicyclic) bond motifs is 1. The highest BCUT2D eigenvalue weighted by atomic mass is 16.5. The smallest absolute Gasteiger partial charge is 0.119 e. The number of aromatic nitrogens is 1. The molecule has 0 bridgehead atoms. The normalized spacial score (nSPS) is 10.7. The summed E-state index contributed by atoms with van der Waals surface area (Å²) >= 11 is 0. The molecule has 3 heteroatoms. The van der Waals surface area contributed by atoms with Crippen LogP contribution in [0.5, 0.6) is 5.75 Å². The lowest BCUT2D eigenvalue weighted by Gasteiger charge is -2.23. The Labute approximate surface area is 108 Å². The molecule has 2 rings (SSSR count). The molecular formula is C15H20N2O. The van der Waals surface area contributed by atoms with E-state index in [2.05, 4.69) is 35.9 Å². The molecule has 0 spiro atoms. The van der Waals surface area contributed by atoms with Crippen molar-refractivity contribution in [2.24, 2.45) is 0 Å². The van der Waals surface area contributed by atoms with Gasteiger partial charge in [-0.1, -0.05) is 0 Å². The van der Waals surface area contributed by atoms with Gasteiger partial charge in [-0.15, -0.1) is 0 Å². The second kappa shape index (κ2) is 5.25. The number of aryl methyl sites for hydroxylation is 1. The fourth-order valence-corrected chi connectivity index (χ4v) is 2.27. The van der Waals surface area contributed by atoms with Crippen LogP contribution in [-0.4, -0.2) is 25.2 Å². The van der Waals surface area contributed by atoms with E-state index < -0.39 is 0 Å². The second-order valence-corrected chi connectivity index (χ2v) is 4.34. The summed E-state index contributed by atoms with van der Waals surface area (Å²) in [4.78, 5) is 6.92. The molecule has 0 aliphatic heterocycles. The van der Waals surface area contributed by atoms with Crippen molar-refractivity contribution < 1.29 is 4.74 Å². The zero-order chi connectivity index (χ0) is 13.1. The Morgan fingerprint density at radius 3 is 2.50 bits per heavy atom. The van der Waals surface area contributed by atoms with Crippen molar-refractivity contribution in [3.8, 4) is 5.75 Å². The molecule has 0 amide bonds. The molecule has 0 atom stereocenters.